The number of nitrogens with zero attached hydrogens (tertiary/aromatic N) is 2. The van der Waals surface area contributed by atoms with Crippen LogP contribution in [0.1, 0.15) is 30.2 Å². The van der Waals surface area contributed by atoms with Crippen molar-refractivity contribution >= 4 is 11.8 Å². The van der Waals surface area contributed by atoms with E-state index < -0.39 is 11.7 Å². The predicted octanol–water partition coefficient (Wildman–Crippen LogP) is 2.43. The molecule has 0 saturated heterocycles. The van der Waals surface area contributed by atoms with Crippen LogP contribution in [0.25, 0.3) is 0 Å². The number of benzene rings is 1. The topological polar surface area (TPSA) is 56.5 Å². The summed E-state index contributed by atoms with van der Waals surface area (Å²) < 4.78 is 5.91. The van der Waals surface area contributed by atoms with Gasteiger partial charge in [-0.1, -0.05) is 0 Å². The first kappa shape index (κ1) is 16.2. The molecule has 0 unspecified atom stereocenters. The van der Waals surface area contributed by atoms with Crippen LogP contribution in [0.3, 0.4) is 0 Å². The van der Waals surface area contributed by atoms with Crippen molar-refractivity contribution in [3.63, 3.8) is 0 Å². The third-order valence-electron chi connectivity index (χ3n) is 3.65. The van der Waals surface area contributed by atoms with Crippen LogP contribution in [0, 0.1) is 11.3 Å². The summed E-state index contributed by atoms with van der Waals surface area (Å²) in [6, 6.07) is 7.58. The van der Waals surface area contributed by atoms with E-state index in [0.717, 1.165) is 23.6 Å². The Morgan fingerprint density at radius 3 is 2.76 bits per heavy atom. The van der Waals surface area contributed by atoms with Gasteiger partial charge in [0.25, 0.3) is 0 Å². The summed E-state index contributed by atoms with van der Waals surface area (Å²) in [5, 5.41) is 19.6. The molecule has 0 bridgehead atoms. The Morgan fingerprint density at radius 2 is 2.14 bits per heavy atom. The Balaban J connectivity index is 2.30. The van der Waals surface area contributed by atoms with Gasteiger partial charge in [-0.05, 0) is 46.1 Å². The van der Waals surface area contributed by atoms with E-state index in [-0.39, 0.29) is 5.25 Å². The van der Waals surface area contributed by atoms with Crippen molar-refractivity contribution in [1.82, 2.24) is 4.90 Å². The first-order chi connectivity index (χ1) is 9.85. The summed E-state index contributed by atoms with van der Waals surface area (Å²) in [6.07, 6.45) is -0.605. The fourth-order valence-electron chi connectivity index (χ4n) is 2.35. The number of rotatable bonds is 4. The molecule has 114 valence electrons. The first-order valence-electron chi connectivity index (χ1n) is 7.02. The summed E-state index contributed by atoms with van der Waals surface area (Å²) in [4.78, 5) is 2.12. The van der Waals surface area contributed by atoms with Crippen LogP contribution >= 0.6 is 11.8 Å². The van der Waals surface area contributed by atoms with E-state index >= 15 is 0 Å². The smallest absolute Gasteiger partial charge is 0.131 e. The van der Waals surface area contributed by atoms with Gasteiger partial charge in [0.05, 0.1) is 16.9 Å². The molecule has 1 aromatic carbocycles. The quantitative estimate of drug-likeness (QED) is 0.926. The number of fused-ring (bicyclic) bond motifs is 1. The highest BCUT2D eigenvalue weighted by Crippen LogP contribution is 2.46. The largest absolute Gasteiger partial charge is 0.485 e. The van der Waals surface area contributed by atoms with Crippen molar-refractivity contribution in [2.75, 3.05) is 26.4 Å². The van der Waals surface area contributed by atoms with Gasteiger partial charge >= 0.3 is 0 Å². The van der Waals surface area contributed by atoms with Crippen molar-refractivity contribution in [3.05, 3.63) is 29.3 Å². The monoisotopic (exact) mass is 306 g/mol. The van der Waals surface area contributed by atoms with E-state index in [1.165, 1.54) is 0 Å². The van der Waals surface area contributed by atoms with Crippen LogP contribution < -0.4 is 4.74 Å². The van der Waals surface area contributed by atoms with Crippen molar-refractivity contribution in [1.29, 1.82) is 5.26 Å². The second-order valence-electron chi connectivity index (χ2n) is 6.11. The van der Waals surface area contributed by atoms with Crippen LogP contribution in [0.2, 0.25) is 0 Å². The average molecular weight is 306 g/mol. The van der Waals surface area contributed by atoms with Gasteiger partial charge in [-0.15, -0.1) is 11.8 Å². The molecule has 1 N–H and O–H groups in total. The number of thioether (sulfide) groups is 1. The molecule has 4 nitrogen and oxygen atoms in total. The molecule has 2 rings (SSSR count). The minimum Gasteiger partial charge on any atom is -0.485 e. The molecule has 0 radical (unpaired) electrons. The molecular formula is C16H22N2O2S. The molecule has 1 aliphatic rings. The van der Waals surface area contributed by atoms with Crippen molar-refractivity contribution in [2.24, 2.45) is 0 Å². The van der Waals surface area contributed by atoms with Gasteiger partial charge in [0.2, 0.25) is 0 Å². The van der Waals surface area contributed by atoms with Gasteiger partial charge in [-0.25, -0.2) is 0 Å². The number of hydrogen-bond acceptors (Lipinski definition) is 5. The molecule has 0 fully saturated rings. The van der Waals surface area contributed by atoms with Crippen LogP contribution in [-0.2, 0) is 0 Å². The van der Waals surface area contributed by atoms with E-state index in [9.17, 15) is 5.11 Å². The molecule has 0 amide bonds. The molecule has 21 heavy (non-hydrogen) atoms. The summed E-state index contributed by atoms with van der Waals surface area (Å²) in [5.74, 6) is 1.69. The van der Waals surface area contributed by atoms with Gasteiger partial charge in [-0.2, -0.15) is 5.26 Å². The Hall–Kier alpha value is -1.22. The Bertz CT molecular complexity index is 552. The highest BCUT2D eigenvalue weighted by Gasteiger charge is 2.43. The fraction of sp³-hybridized carbons (Fsp3) is 0.562. The fourth-order valence-corrected chi connectivity index (χ4v) is 3.95. The van der Waals surface area contributed by atoms with Gasteiger partial charge in [-0.3, -0.25) is 0 Å². The third-order valence-corrected chi connectivity index (χ3v) is 4.94. The second kappa shape index (κ2) is 6.27. The number of aliphatic hydroxyl groups is 1. The SMILES string of the molecule is CN(C)CCS[C@@H]1c2cc(C#N)ccc2OC(C)(C)[C@H]1O. The van der Waals surface area contributed by atoms with E-state index in [4.69, 9.17) is 10.00 Å². The lowest BCUT2D eigenvalue weighted by Crippen LogP contribution is -2.48. The zero-order valence-electron chi connectivity index (χ0n) is 13.0. The minimum absolute atomic E-state index is 0.0722. The molecule has 5 heteroatoms. The number of hydrogen-bond donors (Lipinski definition) is 1. The lowest BCUT2D eigenvalue weighted by atomic mass is 9.90. The van der Waals surface area contributed by atoms with Crippen molar-refractivity contribution in [3.8, 4) is 11.8 Å². The van der Waals surface area contributed by atoms with Crippen LogP contribution in [-0.4, -0.2) is 48.1 Å². The number of ether oxygens (including phenoxy) is 1. The maximum Gasteiger partial charge on any atom is 0.131 e. The van der Waals surface area contributed by atoms with Crippen molar-refractivity contribution < 1.29 is 9.84 Å². The lowest BCUT2D eigenvalue weighted by Gasteiger charge is -2.42. The predicted molar refractivity (Wildman–Crippen MR) is 85.6 cm³/mol. The molecule has 1 aliphatic heterocycles. The maximum absolute atomic E-state index is 10.6. The zero-order valence-corrected chi connectivity index (χ0v) is 13.8. The Labute approximate surface area is 130 Å². The van der Waals surface area contributed by atoms with E-state index in [0.29, 0.717) is 5.56 Å². The molecular weight excluding hydrogens is 284 g/mol. The Kier molecular flexibility index (Phi) is 4.82. The van der Waals surface area contributed by atoms with E-state index in [1.54, 1.807) is 17.8 Å². The molecule has 2 atom stereocenters. The van der Waals surface area contributed by atoms with Crippen LogP contribution in [0.5, 0.6) is 5.75 Å². The van der Waals surface area contributed by atoms with Gasteiger partial charge in [0.15, 0.2) is 0 Å². The van der Waals surface area contributed by atoms with E-state index in [1.807, 2.05) is 40.1 Å². The summed E-state index contributed by atoms with van der Waals surface area (Å²) in [5.41, 5.74) is 0.892. The Morgan fingerprint density at radius 1 is 1.43 bits per heavy atom. The molecule has 0 aliphatic carbocycles. The highest BCUT2D eigenvalue weighted by atomic mass is 32.2. The second-order valence-corrected chi connectivity index (χ2v) is 7.36. The molecule has 0 saturated carbocycles. The summed E-state index contributed by atoms with van der Waals surface area (Å²) in [7, 11) is 4.07. The summed E-state index contributed by atoms with van der Waals surface area (Å²) >= 11 is 1.72. The first-order valence-corrected chi connectivity index (χ1v) is 8.07. The maximum atomic E-state index is 10.6. The van der Waals surface area contributed by atoms with Gasteiger partial charge in [0.1, 0.15) is 17.5 Å². The summed E-state index contributed by atoms with van der Waals surface area (Å²) in [6.45, 7) is 4.75. The normalized spacial score (nSPS) is 23.3. The van der Waals surface area contributed by atoms with Gasteiger partial charge in [0, 0.05) is 17.9 Å². The lowest BCUT2D eigenvalue weighted by molar-refractivity contribution is -0.0429. The standard InChI is InChI=1S/C16H22N2O2S/c1-16(2)15(19)14(21-8-7-18(3)4)12-9-11(10-17)5-6-13(12)20-16/h5-6,9,14-15,19H,7-8H2,1-4H3/t14-,15+/m1/s1. The number of nitriles is 1. The number of aliphatic hydroxyl groups excluding tert-OH is 1. The third kappa shape index (κ3) is 3.52. The molecule has 1 aromatic rings. The molecule has 0 spiro atoms. The average Bonchev–Trinajstić information content (AvgIpc) is 2.42. The zero-order chi connectivity index (χ0) is 15.6. The van der Waals surface area contributed by atoms with E-state index in [2.05, 4.69) is 11.0 Å². The molecule has 1 heterocycles. The van der Waals surface area contributed by atoms with Gasteiger partial charge < -0.3 is 14.7 Å². The minimum atomic E-state index is -0.628. The highest BCUT2D eigenvalue weighted by molar-refractivity contribution is 7.99. The molecule has 0 aromatic heterocycles. The van der Waals surface area contributed by atoms with Crippen LogP contribution in [0.4, 0.5) is 0 Å². The van der Waals surface area contributed by atoms with Crippen molar-refractivity contribution in [2.45, 2.75) is 30.8 Å². The van der Waals surface area contributed by atoms with Crippen LogP contribution in [0.15, 0.2) is 18.2 Å².